The third-order valence-corrected chi connectivity index (χ3v) is 5.43. The fraction of sp³-hybridized carbons (Fsp3) is 0.182. The van der Waals surface area contributed by atoms with Gasteiger partial charge in [0.1, 0.15) is 0 Å². The minimum absolute atomic E-state index is 0.243. The molecule has 144 valence electrons. The highest BCUT2D eigenvalue weighted by Gasteiger charge is 2.14. The molecule has 0 atom stereocenters. The van der Waals surface area contributed by atoms with Gasteiger partial charge in [-0.05, 0) is 66.4 Å². The van der Waals surface area contributed by atoms with E-state index in [9.17, 15) is 8.42 Å². The van der Waals surface area contributed by atoms with Crippen molar-refractivity contribution in [2.75, 3.05) is 4.72 Å². The molecular weight excluding hydrogens is 370 g/mol. The Morgan fingerprint density at radius 2 is 1.36 bits per heavy atom. The van der Waals surface area contributed by atoms with Crippen molar-refractivity contribution in [1.82, 2.24) is 0 Å². The van der Waals surface area contributed by atoms with Gasteiger partial charge in [-0.1, -0.05) is 44.2 Å². The Bertz CT molecular complexity index is 1030. The Hall–Kier alpha value is -2.99. The van der Waals surface area contributed by atoms with E-state index in [0.29, 0.717) is 17.3 Å². The van der Waals surface area contributed by atoms with E-state index in [1.807, 2.05) is 42.5 Å². The fourth-order valence-electron chi connectivity index (χ4n) is 2.70. The lowest BCUT2D eigenvalue weighted by molar-refractivity contribution is 0.601. The van der Waals surface area contributed by atoms with E-state index in [1.165, 1.54) is 0 Å². The number of hydrogen-bond acceptors (Lipinski definition) is 4. The summed E-state index contributed by atoms with van der Waals surface area (Å²) in [6, 6.07) is 23.2. The van der Waals surface area contributed by atoms with Gasteiger partial charge in [0.15, 0.2) is 0 Å². The van der Waals surface area contributed by atoms with Crippen LogP contribution in [-0.4, -0.2) is 8.42 Å². The van der Waals surface area contributed by atoms with Crippen molar-refractivity contribution in [3.05, 3.63) is 84.4 Å². The topological polar surface area (TPSA) is 70.9 Å². The van der Waals surface area contributed by atoms with Gasteiger partial charge in [0.05, 0.1) is 16.3 Å². The summed E-state index contributed by atoms with van der Waals surface area (Å²) >= 11 is 0. The van der Waals surface area contributed by atoms with Crippen LogP contribution in [0.15, 0.2) is 94.0 Å². The number of benzene rings is 3. The van der Waals surface area contributed by atoms with Crippen LogP contribution in [0, 0.1) is 5.92 Å². The Balaban J connectivity index is 1.68. The molecule has 3 aromatic carbocycles. The molecule has 0 amide bonds. The molecule has 3 rings (SSSR count). The summed E-state index contributed by atoms with van der Waals surface area (Å²) in [5.74, 6) is 0.526. The van der Waals surface area contributed by atoms with Gasteiger partial charge in [-0.3, -0.25) is 4.72 Å². The zero-order chi connectivity index (χ0) is 20.0. The van der Waals surface area contributed by atoms with Crippen LogP contribution < -0.4 is 4.72 Å². The maximum atomic E-state index is 12.6. The first-order valence-corrected chi connectivity index (χ1v) is 10.6. The van der Waals surface area contributed by atoms with Crippen molar-refractivity contribution in [3.63, 3.8) is 0 Å². The number of nitrogens with one attached hydrogen (secondary N) is 1. The van der Waals surface area contributed by atoms with Crippen LogP contribution in [0.3, 0.4) is 0 Å². The van der Waals surface area contributed by atoms with Gasteiger partial charge in [0.2, 0.25) is 0 Å². The summed E-state index contributed by atoms with van der Waals surface area (Å²) in [6.07, 6.45) is 0.923. The Labute approximate surface area is 166 Å². The van der Waals surface area contributed by atoms with E-state index in [0.717, 1.165) is 17.7 Å². The molecule has 0 saturated heterocycles. The first-order chi connectivity index (χ1) is 13.4. The summed E-state index contributed by atoms with van der Waals surface area (Å²) < 4.78 is 27.8. The van der Waals surface area contributed by atoms with Crippen LogP contribution in [-0.2, 0) is 16.4 Å². The summed E-state index contributed by atoms with van der Waals surface area (Å²) in [5, 5.41) is 8.30. The average molecular weight is 394 g/mol. The summed E-state index contributed by atoms with van der Waals surface area (Å²) in [6.45, 7) is 4.27. The largest absolute Gasteiger partial charge is 0.280 e. The highest BCUT2D eigenvalue weighted by Crippen LogP contribution is 2.22. The van der Waals surface area contributed by atoms with Gasteiger partial charge in [-0.15, -0.1) is 0 Å². The van der Waals surface area contributed by atoms with E-state index in [4.69, 9.17) is 0 Å². The Morgan fingerprint density at radius 1 is 0.786 bits per heavy atom. The maximum absolute atomic E-state index is 12.6. The van der Waals surface area contributed by atoms with E-state index < -0.39 is 10.0 Å². The minimum atomic E-state index is -3.63. The molecular formula is C22H23N3O2S. The van der Waals surface area contributed by atoms with Crippen molar-refractivity contribution in [2.45, 2.75) is 25.2 Å². The fourth-order valence-corrected chi connectivity index (χ4v) is 3.76. The average Bonchev–Trinajstić information content (AvgIpc) is 2.68. The summed E-state index contributed by atoms with van der Waals surface area (Å²) in [5.41, 5.74) is 3.00. The molecule has 0 radical (unpaired) electrons. The van der Waals surface area contributed by atoms with Crippen molar-refractivity contribution >= 4 is 27.1 Å². The first-order valence-electron chi connectivity index (χ1n) is 9.11. The van der Waals surface area contributed by atoms with Crippen LogP contribution in [0.2, 0.25) is 0 Å². The Morgan fingerprint density at radius 3 is 1.93 bits per heavy atom. The third-order valence-electron chi connectivity index (χ3n) is 4.03. The molecule has 5 nitrogen and oxygen atoms in total. The monoisotopic (exact) mass is 393 g/mol. The van der Waals surface area contributed by atoms with Crippen molar-refractivity contribution < 1.29 is 8.42 Å². The second kappa shape index (κ2) is 8.80. The molecule has 0 unspecified atom stereocenters. The van der Waals surface area contributed by atoms with E-state index in [2.05, 4.69) is 28.8 Å². The van der Waals surface area contributed by atoms with Crippen LogP contribution in [0.5, 0.6) is 0 Å². The molecule has 0 fully saturated rings. The molecule has 0 bridgehead atoms. The highest BCUT2D eigenvalue weighted by molar-refractivity contribution is 7.92. The van der Waals surface area contributed by atoms with Gasteiger partial charge in [-0.25, -0.2) is 8.42 Å². The predicted octanol–water partition coefficient (Wildman–Crippen LogP) is 6.10. The van der Waals surface area contributed by atoms with Crippen molar-refractivity contribution in [2.24, 2.45) is 16.1 Å². The maximum Gasteiger partial charge on any atom is 0.261 e. The van der Waals surface area contributed by atoms with Crippen LogP contribution in [0.25, 0.3) is 0 Å². The van der Waals surface area contributed by atoms with Gasteiger partial charge in [0.25, 0.3) is 10.0 Å². The standard InChI is InChI=1S/C22H23N3O2S/c1-17(2)16-18-8-14-22(15-9-18)28(26,27)25-21-12-10-20(11-13-21)24-23-19-6-4-3-5-7-19/h3-15,17,25H,16H2,1-2H3. The van der Waals surface area contributed by atoms with E-state index >= 15 is 0 Å². The van der Waals surface area contributed by atoms with Crippen LogP contribution in [0.1, 0.15) is 19.4 Å². The number of anilines is 1. The van der Waals surface area contributed by atoms with Crippen LogP contribution in [0.4, 0.5) is 17.1 Å². The first kappa shape index (κ1) is 19.8. The van der Waals surface area contributed by atoms with Crippen molar-refractivity contribution in [1.29, 1.82) is 0 Å². The lowest BCUT2D eigenvalue weighted by Gasteiger charge is -2.10. The molecule has 0 spiro atoms. The number of sulfonamides is 1. The molecule has 6 heteroatoms. The lowest BCUT2D eigenvalue weighted by Crippen LogP contribution is -2.12. The second-order valence-electron chi connectivity index (χ2n) is 6.93. The highest BCUT2D eigenvalue weighted by atomic mass is 32.2. The zero-order valence-corrected chi connectivity index (χ0v) is 16.7. The Kier molecular flexibility index (Phi) is 6.21. The molecule has 28 heavy (non-hydrogen) atoms. The van der Waals surface area contributed by atoms with Gasteiger partial charge in [-0.2, -0.15) is 10.2 Å². The quantitative estimate of drug-likeness (QED) is 0.493. The smallest absolute Gasteiger partial charge is 0.261 e. The number of nitrogens with zero attached hydrogens (tertiary/aromatic N) is 2. The number of rotatable bonds is 7. The van der Waals surface area contributed by atoms with Gasteiger partial charge in [0, 0.05) is 5.69 Å². The predicted molar refractivity (Wildman–Crippen MR) is 113 cm³/mol. The number of azo groups is 1. The summed E-state index contributed by atoms with van der Waals surface area (Å²) in [7, 11) is -3.63. The SMILES string of the molecule is CC(C)Cc1ccc(S(=O)(=O)Nc2ccc(N=Nc3ccccc3)cc2)cc1. The normalized spacial score (nSPS) is 11.8. The number of hydrogen-bond donors (Lipinski definition) is 1. The van der Waals surface area contributed by atoms with Crippen LogP contribution >= 0.6 is 0 Å². The van der Waals surface area contributed by atoms with Crippen molar-refractivity contribution in [3.8, 4) is 0 Å². The molecule has 0 heterocycles. The molecule has 0 aliphatic rings. The molecule has 3 aromatic rings. The molecule has 0 aromatic heterocycles. The molecule has 1 N–H and O–H groups in total. The second-order valence-corrected chi connectivity index (χ2v) is 8.61. The van der Waals surface area contributed by atoms with E-state index in [1.54, 1.807) is 36.4 Å². The third kappa shape index (κ3) is 5.50. The van der Waals surface area contributed by atoms with Gasteiger partial charge < -0.3 is 0 Å². The van der Waals surface area contributed by atoms with E-state index in [-0.39, 0.29) is 4.90 Å². The molecule has 0 aliphatic carbocycles. The lowest BCUT2D eigenvalue weighted by atomic mass is 10.0. The molecule has 0 saturated carbocycles. The minimum Gasteiger partial charge on any atom is -0.280 e. The van der Waals surface area contributed by atoms with Gasteiger partial charge >= 0.3 is 0 Å². The zero-order valence-electron chi connectivity index (χ0n) is 15.9. The molecule has 0 aliphatic heterocycles. The summed E-state index contributed by atoms with van der Waals surface area (Å²) in [4.78, 5) is 0.243.